The van der Waals surface area contributed by atoms with E-state index in [4.69, 9.17) is 9.47 Å². The lowest BCUT2D eigenvalue weighted by atomic mass is 9.94. The maximum absolute atomic E-state index is 9.32. The fourth-order valence-corrected chi connectivity index (χ4v) is 3.07. The van der Waals surface area contributed by atoms with Crippen LogP contribution in [0.2, 0.25) is 0 Å². The summed E-state index contributed by atoms with van der Waals surface area (Å²) >= 11 is 0. The van der Waals surface area contributed by atoms with E-state index in [-0.39, 0.29) is 12.7 Å². The third-order valence-corrected chi connectivity index (χ3v) is 4.10. The predicted octanol–water partition coefficient (Wildman–Crippen LogP) is 3.63. The Labute approximate surface area is 131 Å². The molecule has 3 nitrogen and oxygen atoms in total. The minimum atomic E-state index is 0.0643. The molecule has 0 saturated carbocycles. The molecule has 0 radical (unpaired) electrons. The van der Waals surface area contributed by atoms with Crippen molar-refractivity contribution in [3.8, 4) is 16.9 Å². The molecule has 1 heterocycles. The van der Waals surface area contributed by atoms with Gasteiger partial charge in [0, 0.05) is 6.42 Å². The van der Waals surface area contributed by atoms with Crippen LogP contribution in [-0.2, 0) is 11.3 Å². The number of rotatable bonds is 4. The Morgan fingerprint density at radius 1 is 1.18 bits per heavy atom. The number of aryl methyl sites for hydroxylation is 2. The summed E-state index contributed by atoms with van der Waals surface area (Å²) in [5, 5.41) is 9.32. The standard InChI is InChI=1S/C19H22O3/c1-13-8-18(22-17-6-7-21-12-17)9-14(2)19(13)16-5-3-4-15(10-16)11-20/h3-5,8-10,17,20H,6-7,11-12H2,1-2H3/t17-/m1/s1. The summed E-state index contributed by atoms with van der Waals surface area (Å²) in [5.74, 6) is 0.910. The van der Waals surface area contributed by atoms with E-state index < -0.39 is 0 Å². The molecule has 0 amide bonds. The zero-order valence-corrected chi connectivity index (χ0v) is 13.1. The Hall–Kier alpha value is -1.84. The molecule has 0 bridgehead atoms. The van der Waals surface area contributed by atoms with Crippen LogP contribution in [0.15, 0.2) is 36.4 Å². The monoisotopic (exact) mass is 298 g/mol. The van der Waals surface area contributed by atoms with E-state index in [9.17, 15) is 5.11 Å². The lowest BCUT2D eigenvalue weighted by molar-refractivity contribution is 0.141. The van der Waals surface area contributed by atoms with Crippen molar-refractivity contribution in [2.24, 2.45) is 0 Å². The van der Waals surface area contributed by atoms with Gasteiger partial charge in [-0.2, -0.15) is 0 Å². The van der Waals surface area contributed by atoms with Crippen molar-refractivity contribution in [2.45, 2.75) is 33.0 Å². The Morgan fingerprint density at radius 2 is 1.95 bits per heavy atom. The van der Waals surface area contributed by atoms with Crippen molar-refractivity contribution in [1.29, 1.82) is 0 Å². The number of aliphatic hydroxyl groups excluding tert-OH is 1. The summed E-state index contributed by atoms with van der Waals surface area (Å²) in [5.41, 5.74) is 5.65. The second kappa shape index (κ2) is 6.51. The van der Waals surface area contributed by atoms with Crippen LogP contribution in [0.5, 0.6) is 5.75 Å². The first-order valence-electron chi connectivity index (χ1n) is 7.73. The molecule has 2 aromatic carbocycles. The highest BCUT2D eigenvalue weighted by molar-refractivity contribution is 5.72. The highest BCUT2D eigenvalue weighted by Crippen LogP contribution is 2.32. The Morgan fingerprint density at radius 3 is 2.59 bits per heavy atom. The Kier molecular flexibility index (Phi) is 4.46. The molecular weight excluding hydrogens is 276 g/mol. The maximum atomic E-state index is 9.32. The van der Waals surface area contributed by atoms with E-state index in [1.165, 1.54) is 16.7 Å². The fraction of sp³-hybridized carbons (Fsp3) is 0.368. The largest absolute Gasteiger partial charge is 0.488 e. The average Bonchev–Trinajstić information content (AvgIpc) is 2.99. The molecule has 1 atom stereocenters. The van der Waals surface area contributed by atoms with Gasteiger partial charge in [-0.1, -0.05) is 18.2 Å². The van der Waals surface area contributed by atoms with Gasteiger partial charge in [0.2, 0.25) is 0 Å². The summed E-state index contributed by atoms with van der Waals surface area (Å²) in [6.07, 6.45) is 1.13. The van der Waals surface area contributed by atoms with Gasteiger partial charge in [0.1, 0.15) is 11.9 Å². The van der Waals surface area contributed by atoms with Crippen LogP contribution in [0.4, 0.5) is 0 Å². The van der Waals surface area contributed by atoms with E-state index in [1.807, 2.05) is 18.2 Å². The number of hydrogen-bond acceptors (Lipinski definition) is 3. The molecule has 116 valence electrons. The third kappa shape index (κ3) is 3.16. The highest BCUT2D eigenvalue weighted by Gasteiger charge is 2.18. The lowest BCUT2D eigenvalue weighted by Crippen LogP contribution is -2.15. The number of aliphatic hydroxyl groups is 1. The quantitative estimate of drug-likeness (QED) is 0.936. The number of hydrogen-bond donors (Lipinski definition) is 1. The van der Waals surface area contributed by atoms with E-state index >= 15 is 0 Å². The van der Waals surface area contributed by atoms with Gasteiger partial charge in [0.05, 0.1) is 19.8 Å². The van der Waals surface area contributed by atoms with Crippen LogP contribution >= 0.6 is 0 Å². The number of ether oxygens (including phenoxy) is 2. The van der Waals surface area contributed by atoms with Crippen molar-refractivity contribution in [1.82, 2.24) is 0 Å². The first-order chi connectivity index (χ1) is 10.7. The molecule has 2 aromatic rings. The second-order valence-corrected chi connectivity index (χ2v) is 5.89. The van der Waals surface area contributed by atoms with Gasteiger partial charge in [-0.05, 0) is 59.9 Å². The van der Waals surface area contributed by atoms with Crippen molar-refractivity contribution in [3.05, 3.63) is 53.1 Å². The molecule has 1 aliphatic heterocycles. The molecule has 1 N–H and O–H groups in total. The van der Waals surface area contributed by atoms with E-state index in [1.54, 1.807) is 0 Å². The Bertz CT molecular complexity index is 634. The molecular formula is C19H22O3. The molecule has 1 aliphatic rings. The van der Waals surface area contributed by atoms with Gasteiger partial charge in [-0.15, -0.1) is 0 Å². The summed E-state index contributed by atoms with van der Waals surface area (Å²) in [4.78, 5) is 0. The van der Waals surface area contributed by atoms with E-state index in [0.717, 1.165) is 29.9 Å². The van der Waals surface area contributed by atoms with Crippen LogP contribution in [-0.4, -0.2) is 24.4 Å². The van der Waals surface area contributed by atoms with Gasteiger partial charge in [0.15, 0.2) is 0 Å². The third-order valence-electron chi connectivity index (χ3n) is 4.10. The minimum Gasteiger partial charge on any atom is -0.488 e. The van der Waals surface area contributed by atoms with Crippen LogP contribution < -0.4 is 4.74 Å². The van der Waals surface area contributed by atoms with Crippen molar-refractivity contribution in [3.63, 3.8) is 0 Å². The van der Waals surface area contributed by atoms with Crippen molar-refractivity contribution in [2.75, 3.05) is 13.2 Å². The fourth-order valence-electron chi connectivity index (χ4n) is 3.07. The summed E-state index contributed by atoms with van der Waals surface area (Å²) in [6.45, 7) is 5.74. The maximum Gasteiger partial charge on any atom is 0.124 e. The number of benzene rings is 2. The second-order valence-electron chi connectivity index (χ2n) is 5.89. The lowest BCUT2D eigenvalue weighted by Gasteiger charge is -2.17. The zero-order valence-electron chi connectivity index (χ0n) is 13.1. The van der Waals surface area contributed by atoms with Crippen molar-refractivity contribution >= 4 is 0 Å². The van der Waals surface area contributed by atoms with Gasteiger partial charge in [0.25, 0.3) is 0 Å². The molecule has 22 heavy (non-hydrogen) atoms. The molecule has 0 unspecified atom stereocenters. The SMILES string of the molecule is Cc1cc(O[C@@H]2CCOC2)cc(C)c1-c1cccc(CO)c1. The smallest absolute Gasteiger partial charge is 0.124 e. The first-order valence-corrected chi connectivity index (χ1v) is 7.73. The normalized spacial score (nSPS) is 17.7. The van der Waals surface area contributed by atoms with Gasteiger partial charge in [-0.3, -0.25) is 0 Å². The van der Waals surface area contributed by atoms with Gasteiger partial charge >= 0.3 is 0 Å². The van der Waals surface area contributed by atoms with Crippen LogP contribution in [0.1, 0.15) is 23.1 Å². The highest BCUT2D eigenvalue weighted by atomic mass is 16.5. The molecule has 1 saturated heterocycles. The summed E-state index contributed by atoms with van der Waals surface area (Å²) in [6, 6.07) is 12.2. The molecule has 3 heteroatoms. The average molecular weight is 298 g/mol. The van der Waals surface area contributed by atoms with Crippen LogP contribution in [0, 0.1) is 13.8 Å². The van der Waals surface area contributed by atoms with Gasteiger partial charge in [-0.25, -0.2) is 0 Å². The van der Waals surface area contributed by atoms with Crippen LogP contribution in [0.25, 0.3) is 11.1 Å². The van der Waals surface area contributed by atoms with Gasteiger partial charge < -0.3 is 14.6 Å². The molecule has 1 fully saturated rings. The van der Waals surface area contributed by atoms with Crippen molar-refractivity contribution < 1.29 is 14.6 Å². The molecule has 3 rings (SSSR count). The Balaban J connectivity index is 1.91. The van der Waals surface area contributed by atoms with Crippen LogP contribution in [0.3, 0.4) is 0 Å². The minimum absolute atomic E-state index is 0.0643. The predicted molar refractivity (Wildman–Crippen MR) is 87.1 cm³/mol. The zero-order chi connectivity index (χ0) is 15.5. The topological polar surface area (TPSA) is 38.7 Å². The summed E-state index contributed by atoms with van der Waals surface area (Å²) in [7, 11) is 0. The van der Waals surface area contributed by atoms with E-state index in [2.05, 4.69) is 32.0 Å². The molecule has 0 spiro atoms. The molecule has 0 aliphatic carbocycles. The van der Waals surface area contributed by atoms with E-state index in [0.29, 0.717) is 6.61 Å². The summed E-state index contributed by atoms with van der Waals surface area (Å²) < 4.78 is 11.4. The first kappa shape index (κ1) is 15.1. The molecule has 0 aromatic heterocycles.